The lowest BCUT2D eigenvalue weighted by atomic mass is 9.93. The molecular weight excluding hydrogens is 582 g/mol. The third kappa shape index (κ3) is 6.95. The fourth-order valence-corrected chi connectivity index (χ4v) is 6.43. The summed E-state index contributed by atoms with van der Waals surface area (Å²) in [5, 5.41) is 5.73. The first-order valence-corrected chi connectivity index (χ1v) is 15.6. The number of esters is 1. The first-order chi connectivity index (χ1) is 21.9. The van der Waals surface area contributed by atoms with Gasteiger partial charge in [-0.1, -0.05) is 49.6 Å². The van der Waals surface area contributed by atoms with Gasteiger partial charge < -0.3 is 34.5 Å². The standard InChI is InChI=1S/C33H37N3O9/c37-26-13-11-22(17-34-30(39)21-12-14-27-28(15-21)44-19-43-27)32(41)36-24(26)9-5-2-6-10-25(36)31(40)35-23-16-29(38)45-33(23)42-18-20-7-3-1-4-8-20/h1,3-4,7-8,12,14-15,22-25,33H,2,5-6,9-11,13,16-19H2,(H,34,39)(H,35,40)/t22?,23-,24?,25-,33-/m0/s1. The highest BCUT2D eigenvalue weighted by molar-refractivity contribution is 5.97. The van der Waals surface area contributed by atoms with Crippen LogP contribution in [0, 0.1) is 5.92 Å². The Kier molecular flexibility index (Phi) is 9.29. The maximum Gasteiger partial charge on any atom is 0.310 e. The van der Waals surface area contributed by atoms with Crippen LogP contribution in [-0.4, -0.2) is 72.1 Å². The van der Waals surface area contributed by atoms with Crippen LogP contribution in [0.2, 0.25) is 0 Å². The summed E-state index contributed by atoms with van der Waals surface area (Å²) in [5.41, 5.74) is 1.24. The Bertz CT molecular complexity index is 1450. The van der Waals surface area contributed by atoms with E-state index in [2.05, 4.69) is 10.6 Å². The maximum atomic E-state index is 14.1. The summed E-state index contributed by atoms with van der Waals surface area (Å²) in [4.78, 5) is 68.0. The highest BCUT2D eigenvalue weighted by Crippen LogP contribution is 2.33. The number of hydrogen-bond acceptors (Lipinski definition) is 9. The van der Waals surface area contributed by atoms with Crippen LogP contribution in [0.15, 0.2) is 48.5 Å². The molecule has 4 aliphatic heterocycles. The van der Waals surface area contributed by atoms with Gasteiger partial charge in [-0.05, 0) is 43.0 Å². The lowest BCUT2D eigenvalue weighted by molar-refractivity contribution is -0.168. The summed E-state index contributed by atoms with van der Waals surface area (Å²) in [5.74, 6) is -1.42. The van der Waals surface area contributed by atoms with Crippen LogP contribution >= 0.6 is 0 Å². The first-order valence-electron chi connectivity index (χ1n) is 15.6. The van der Waals surface area contributed by atoms with Gasteiger partial charge in [-0.15, -0.1) is 0 Å². The molecule has 2 aromatic carbocycles. The van der Waals surface area contributed by atoms with Crippen LogP contribution in [0.25, 0.3) is 0 Å². The summed E-state index contributed by atoms with van der Waals surface area (Å²) in [7, 11) is 0. The topological polar surface area (TPSA) is 150 Å². The van der Waals surface area contributed by atoms with Crippen LogP contribution in [0.3, 0.4) is 0 Å². The number of carbonyl (C=O) groups excluding carboxylic acids is 5. The monoisotopic (exact) mass is 619 g/mol. The van der Waals surface area contributed by atoms with Crippen LogP contribution in [0.1, 0.15) is 67.3 Å². The summed E-state index contributed by atoms with van der Waals surface area (Å²) in [6.07, 6.45) is 2.52. The van der Waals surface area contributed by atoms with E-state index >= 15 is 0 Å². The maximum absolute atomic E-state index is 14.1. The van der Waals surface area contributed by atoms with Gasteiger partial charge in [-0.2, -0.15) is 0 Å². The molecule has 0 aliphatic carbocycles. The largest absolute Gasteiger partial charge is 0.454 e. The number of ether oxygens (including phenoxy) is 4. The van der Waals surface area contributed by atoms with Gasteiger partial charge in [0.25, 0.3) is 5.91 Å². The Balaban J connectivity index is 1.15. The average Bonchev–Trinajstić information content (AvgIpc) is 3.62. The second-order valence-corrected chi connectivity index (χ2v) is 11.9. The molecule has 2 N–H and O–H groups in total. The van der Waals surface area contributed by atoms with E-state index in [1.807, 2.05) is 30.3 Å². The quantitative estimate of drug-likeness (QED) is 0.425. The van der Waals surface area contributed by atoms with Crippen molar-refractivity contribution in [3.05, 3.63) is 59.7 Å². The van der Waals surface area contributed by atoms with Crippen LogP contribution in [0.4, 0.5) is 0 Å². The Morgan fingerprint density at radius 1 is 0.933 bits per heavy atom. The zero-order chi connectivity index (χ0) is 31.3. The average molecular weight is 620 g/mol. The van der Waals surface area contributed by atoms with Gasteiger partial charge in [0.05, 0.1) is 25.0 Å². The summed E-state index contributed by atoms with van der Waals surface area (Å²) in [6, 6.07) is 11.9. The SMILES string of the molecule is O=C1C[C@H](NC(=O)[C@@H]2CCCCCC3C(=O)CCC(CNC(=O)c4ccc5c(c4)OCO5)C(=O)N32)[C@@H](OCc2ccccc2)O1. The zero-order valence-electron chi connectivity index (χ0n) is 24.9. The van der Waals surface area contributed by atoms with Crippen LogP contribution in [-0.2, 0) is 35.3 Å². The van der Waals surface area contributed by atoms with Crippen molar-refractivity contribution in [1.29, 1.82) is 0 Å². The second kappa shape index (κ2) is 13.7. The fourth-order valence-electron chi connectivity index (χ4n) is 6.43. The predicted molar refractivity (Wildman–Crippen MR) is 158 cm³/mol. The molecule has 12 nitrogen and oxygen atoms in total. The van der Waals surface area contributed by atoms with Crippen molar-refractivity contribution in [3.63, 3.8) is 0 Å². The summed E-state index contributed by atoms with van der Waals surface area (Å²) in [6.45, 7) is 0.287. The highest BCUT2D eigenvalue weighted by atomic mass is 16.7. The van der Waals surface area contributed by atoms with Gasteiger partial charge in [0.2, 0.25) is 24.9 Å². The number of Topliss-reactive ketones (excluding diaryl/α,β-unsaturated/α-hetero) is 1. The van der Waals surface area contributed by atoms with E-state index in [-0.39, 0.29) is 56.8 Å². The molecule has 0 bridgehead atoms. The molecule has 4 aliphatic rings. The van der Waals surface area contributed by atoms with Crippen LogP contribution in [0.5, 0.6) is 11.5 Å². The van der Waals surface area contributed by atoms with Gasteiger partial charge in [0, 0.05) is 18.5 Å². The van der Waals surface area contributed by atoms with Gasteiger partial charge in [0.1, 0.15) is 12.1 Å². The number of nitrogens with zero attached hydrogens (tertiary/aromatic N) is 1. The van der Waals surface area contributed by atoms with Gasteiger partial charge >= 0.3 is 5.97 Å². The smallest absolute Gasteiger partial charge is 0.310 e. The Morgan fingerprint density at radius 2 is 1.73 bits per heavy atom. The number of benzene rings is 2. The number of cyclic esters (lactones) is 1. The third-order valence-electron chi connectivity index (χ3n) is 8.84. The second-order valence-electron chi connectivity index (χ2n) is 11.9. The molecule has 2 unspecified atom stereocenters. The molecule has 3 fully saturated rings. The number of ketones is 1. The number of carbonyl (C=O) groups is 5. The number of amides is 3. The van der Waals surface area contributed by atoms with E-state index in [1.54, 1.807) is 18.2 Å². The molecule has 5 atom stereocenters. The molecule has 0 spiro atoms. The van der Waals surface area contributed by atoms with Crippen molar-refractivity contribution in [3.8, 4) is 11.5 Å². The predicted octanol–water partition coefficient (Wildman–Crippen LogP) is 2.63. The molecule has 4 heterocycles. The minimum Gasteiger partial charge on any atom is -0.454 e. The fraction of sp³-hybridized carbons (Fsp3) is 0.485. The first kappa shape index (κ1) is 30.6. The molecular formula is C33H37N3O9. The number of fused-ring (bicyclic) bond motifs is 2. The molecule has 6 rings (SSSR count). The lowest BCUT2D eigenvalue weighted by Crippen LogP contribution is -2.59. The molecule has 3 amide bonds. The molecule has 2 aromatic rings. The van der Waals surface area contributed by atoms with Crippen molar-refractivity contribution < 1.29 is 42.9 Å². The van der Waals surface area contributed by atoms with Crippen molar-refractivity contribution in [2.24, 2.45) is 5.92 Å². The molecule has 0 radical (unpaired) electrons. The van der Waals surface area contributed by atoms with E-state index in [1.165, 1.54) is 4.90 Å². The van der Waals surface area contributed by atoms with E-state index < -0.39 is 42.2 Å². The summed E-state index contributed by atoms with van der Waals surface area (Å²) >= 11 is 0. The van der Waals surface area contributed by atoms with Crippen molar-refractivity contribution in [2.75, 3.05) is 13.3 Å². The van der Waals surface area contributed by atoms with Crippen molar-refractivity contribution in [1.82, 2.24) is 15.5 Å². The van der Waals surface area contributed by atoms with Crippen LogP contribution < -0.4 is 20.1 Å². The molecule has 3 saturated heterocycles. The third-order valence-corrected chi connectivity index (χ3v) is 8.84. The number of hydrogen-bond donors (Lipinski definition) is 2. The molecule has 0 saturated carbocycles. The normalized spacial score (nSPS) is 26.3. The minimum absolute atomic E-state index is 0.0112. The molecule has 45 heavy (non-hydrogen) atoms. The van der Waals surface area contributed by atoms with Gasteiger partial charge in [-0.25, -0.2) is 0 Å². The number of nitrogens with one attached hydrogen (secondary N) is 2. The van der Waals surface area contributed by atoms with E-state index in [0.717, 1.165) is 18.4 Å². The molecule has 0 aromatic heterocycles. The van der Waals surface area contributed by atoms with E-state index in [0.29, 0.717) is 36.3 Å². The lowest BCUT2D eigenvalue weighted by Gasteiger charge is -2.39. The molecule has 238 valence electrons. The van der Waals surface area contributed by atoms with Crippen molar-refractivity contribution in [2.45, 2.75) is 82.4 Å². The Hall–Kier alpha value is -4.45. The van der Waals surface area contributed by atoms with Gasteiger partial charge in [-0.3, -0.25) is 24.0 Å². The molecule has 12 heteroatoms. The Labute approximate surface area is 260 Å². The number of rotatable bonds is 8. The van der Waals surface area contributed by atoms with Gasteiger partial charge in [0.15, 0.2) is 17.3 Å². The van der Waals surface area contributed by atoms with E-state index in [4.69, 9.17) is 18.9 Å². The highest BCUT2D eigenvalue weighted by Gasteiger charge is 2.45. The zero-order valence-corrected chi connectivity index (χ0v) is 24.9. The minimum atomic E-state index is -0.980. The van der Waals surface area contributed by atoms with Crippen molar-refractivity contribution >= 4 is 29.5 Å². The Morgan fingerprint density at radius 3 is 2.58 bits per heavy atom. The summed E-state index contributed by atoms with van der Waals surface area (Å²) < 4.78 is 21.9. The van der Waals surface area contributed by atoms with E-state index in [9.17, 15) is 24.0 Å².